The Labute approximate surface area is 148 Å². The molecule has 0 saturated carbocycles. The number of unbranched alkanes of at least 4 members (excludes halogenated alkanes) is 1. The smallest absolute Gasteiger partial charge is 0.0513 e. The van der Waals surface area contributed by atoms with Crippen molar-refractivity contribution in [2.75, 3.05) is 13.2 Å². The molecule has 0 aromatic rings. The summed E-state index contributed by atoms with van der Waals surface area (Å²) in [6, 6.07) is 0.549. The van der Waals surface area contributed by atoms with Gasteiger partial charge in [0.1, 0.15) is 0 Å². The molecule has 0 aromatic carbocycles. The van der Waals surface area contributed by atoms with Crippen molar-refractivity contribution in [2.24, 2.45) is 5.92 Å². The normalized spacial score (nSPS) is 21.9. The molecule has 1 aliphatic rings. The summed E-state index contributed by atoms with van der Waals surface area (Å²) in [6.45, 7) is 7.61. The highest BCUT2D eigenvalue weighted by molar-refractivity contribution is 5.78. The van der Waals surface area contributed by atoms with Gasteiger partial charge >= 0.3 is 0 Å². The molecule has 24 heavy (non-hydrogen) atoms. The number of nitrogens with one attached hydrogen (secondary N) is 2. The molecule has 2 unspecified atom stereocenters. The molecule has 0 amide bonds. The van der Waals surface area contributed by atoms with Crippen LogP contribution in [0.5, 0.6) is 0 Å². The Morgan fingerprint density at radius 3 is 2.75 bits per heavy atom. The van der Waals surface area contributed by atoms with Crippen LogP contribution < -0.4 is 5.32 Å². The summed E-state index contributed by atoms with van der Waals surface area (Å²) in [5, 5.41) is 20.3. The average molecular weight is 339 g/mol. The van der Waals surface area contributed by atoms with Crippen LogP contribution in [-0.2, 0) is 4.74 Å². The van der Waals surface area contributed by atoms with Crippen molar-refractivity contribution in [1.82, 2.24) is 5.32 Å². The minimum absolute atomic E-state index is 0.210. The number of ether oxygens (including phenoxy) is 1. The molecule has 3 atom stereocenters. The summed E-state index contributed by atoms with van der Waals surface area (Å²) in [6.07, 6.45) is 11.8. The van der Waals surface area contributed by atoms with Gasteiger partial charge in [-0.05, 0) is 84.5 Å². The third-order valence-electron chi connectivity index (χ3n) is 4.81. The molecule has 0 radical (unpaired) electrons. The number of rotatable bonds is 13. The first-order valence-electron chi connectivity index (χ1n) is 9.74. The molecule has 1 rings (SSSR count). The molecule has 0 saturated heterocycles. The molecule has 1 heterocycles. The van der Waals surface area contributed by atoms with Gasteiger partial charge in [0, 0.05) is 30.7 Å². The van der Waals surface area contributed by atoms with Crippen LogP contribution in [0.3, 0.4) is 0 Å². The van der Waals surface area contributed by atoms with Crippen LogP contribution in [0.2, 0.25) is 0 Å². The van der Waals surface area contributed by atoms with Crippen molar-refractivity contribution in [3.05, 3.63) is 11.8 Å². The Morgan fingerprint density at radius 1 is 1.33 bits per heavy atom. The predicted octanol–water partition coefficient (Wildman–Crippen LogP) is 4.43. The molecule has 4 heteroatoms. The molecular weight excluding hydrogens is 300 g/mol. The van der Waals surface area contributed by atoms with E-state index in [1.165, 1.54) is 25.0 Å². The van der Waals surface area contributed by atoms with Crippen molar-refractivity contribution in [1.29, 1.82) is 5.41 Å². The van der Waals surface area contributed by atoms with Crippen LogP contribution in [0.25, 0.3) is 0 Å². The molecule has 0 spiro atoms. The van der Waals surface area contributed by atoms with Gasteiger partial charge in [0.2, 0.25) is 0 Å². The zero-order valence-corrected chi connectivity index (χ0v) is 15.9. The van der Waals surface area contributed by atoms with Crippen molar-refractivity contribution in [3.8, 4) is 0 Å². The molecule has 0 bridgehead atoms. The summed E-state index contributed by atoms with van der Waals surface area (Å²) in [7, 11) is 0. The van der Waals surface area contributed by atoms with E-state index in [1.54, 1.807) is 0 Å². The molecule has 4 nitrogen and oxygen atoms in total. The summed E-state index contributed by atoms with van der Waals surface area (Å²) in [4.78, 5) is 0. The van der Waals surface area contributed by atoms with Crippen molar-refractivity contribution in [3.63, 3.8) is 0 Å². The SMILES string of the molecule is CC(=N)CCCC1CC=C(CCCCOCCC[C@H](C)O)NC1C. The lowest BCUT2D eigenvalue weighted by atomic mass is 9.87. The summed E-state index contributed by atoms with van der Waals surface area (Å²) in [5.74, 6) is 0.713. The molecule has 0 aromatic heterocycles. The lowest BCUT2D eigenvalue weighted by Gasteiger charge is -2.31. The second kappa shape index (κ2) is 12.5. The van der Waals surface area contributed by atoms with Crippen LogP contribution in [0.15, 0.2) is 11.8 Å². The van der Waals surface area contributed by atoms with E-state index in [0.717, 1.165) is 57.5 Å². The Morgan fingerprint density at radius 2 is 2.08 bits per heavy atom. The van der Waals surface area contributed by atoms with Crippen molar-refractivity contribution >= 4 is 5.71 Å². The van der Waals surface area contributed by atoms with Gasteiger partial charge in [-0.3, -0.25) is 0 Å². The van der Waals surface area contributed by atoms with Crippen LogP contribution in [0, 0.1) is 11.3 Å². The zero-order chi connectivity index (χ0) is 17.8. The number of allylic oxidation sites excluding steroid dienone is 2. The largest absolute Gasteiger partial charge is 0.393 e. The summed E-state index contributed by atoms with van der Waals surface area (Å²) < 4.78 is 5.61. The number of hydrogen-bond donors (Lipinski definition) is 3. The van der Waals surface area contributed by atoms with E-state index in [1.807, 2.05) is 13.8 Å². The summed E-state index contributed by atoms with van der Waals surface area (Å²) >= 11 is 0. The molecular formula is C20H38N2O2. The molecule has 0 aliphatic carbocycles. The van der Waals surface area contributed by atoms with Gasteiger partial charge in [-0.15, -0.1) is 0 Å². The maximum absolute atomic E-state index is 9.17. The van der Waals surface area contributed by atoms with Gasteiger partial charge in [-0.1, -0.05) is 6.08 Å². The molecule has 3 N–H and O–H groups in total. The van der Waals surface area contributed by atoms with Crippen LogP contribution in [0.1, 0.15) is 78.6 Å². The van der Waals surface area contributed by atoms with E-state index < -0.39 is 0 Å². The zero-order valence-electron chi connectivity index (χ0n) is 15.9. The first kappa shape index (κ1) is 21.2. The van der Waals surface area contributed by atoms with Crippen LogP contribution in [-0.4, -0.2) is 36.2 Å². The van der Waals surface area contributed by atoms with Crippen LogP contribution >= 0.6 is 0 Å². The molecule has 140 valence electrons. The topological polar surface area (TPSA) is 65.3 Å². The van der Waals surface area contributed by atoms with Gasteiger partial charge in [0.25, 0.3) is 0 Å². The van der Waals surface area contributed by atoms with Crippen molar-refractivity contribution in [2.45, 2.75) is 90.7 Å². The van der Waals surface area contributed by atoms with E-state index in [2.05, 4.69) is 18.3 Å². The van der Waals surface area contributed by atoms with Gasteiger partial charge in [0.15, 0.2) is 0 Å². The fourth-order valence-corrected chi connectivity index (χ4v) is 3.24. The van der Waals surface area contributed by atoms with E-state index >= 15 is 0 Å². The minimum atomic E-state index is -0.210. The van der Waals surface area contributed by atoms with E-state index in [0.29, 0.717) is 12.0 Å². The Balaban J connectivity index is 2.06. The maximum atomic E-state index is 9.17. The third kappa shape index (κ3) is 10.1. The molecule has 0 fully saturated rings. The van der Waals surface area contributed by atoms with E-state index in [9.17, 15) is 5.11 Å². The average Bonchev–Trinajstić information content (AvgIpc) is 2.51. The van der Waals surface area contributed by atoms with E-state index in [-0.39, 0.29) is 6.10 Å². The van der Waals surface area contributed by atoms with Gasteiger partial charge < -0.3 is 20.6 Å². The first-order chi connectivity index (χ1) is 11.5. The fraction of sp³-hybridized carbons (Fsp3) is 0.850. The molecule has 1 aliphatic heterocycles. The van der Waals surface area contributed by atoms with Gasteiger partial charge in [-0.2, -0.15) is 0 Å². The highest BCUT2D eigenvalue weighted by Gasteiger charge is 2.20. The highest BCUT2D eigenvalue weighted by atomic mass is 16.5. The minimum Gasteiger partial charge on any atom is -0.393 e. The maximum Gasteiger partial charge on any atom is 0.0513 e. The number of hydrogen-bond acceptors (Lipinski definition) is 4. The monoisotopic (exact) mass is 338 g/mol. The highest BCUT2D eigenvalue weighted by Crippen LogP contribution is 2.24. The summed E-state index contributed by atoms with van der Waals surface area (Å²) in [5.41, 5.74) is 2.20. The Hall–Kier alpha value is -0.870. The van der Waals surface area contributed by atoms with E-state index in [4.69, 9.17) is 10.1 Å². The first-order valence-corrected chi connectivity index (χ1v) is 9.74. The second-order valence-electron chi connectivity index (χ2n) is 7.39. The lowest BCUT2D eigenvalue weighted by molar-refractivity contribution is 0.109. The van der Waals surface area contributed by atoms with Gasteiger partial charge in [-0.25, -0.2) is 0 Å². The second-order valence-corrected chi connectivity index (χ2v) is 7.39. The Kier molecular flexibility index (Phi) is 11.0. The van der Waals surface area contributed by atoms with Crippen LogP contribution in [0.4, 0.5) is 0 Å². The predicted molar refractivity (Wildman–Crippen MR) is 102 cm³/mol. The number of aliphatic hydroxyl groups is 1. The third-order valence-corrected chi connectivity index (χ3v) is 4.81. The van der Waals surface area contributed by atoms with Crippen molar-refractivity contribution < 1.29 is 9.84 Å². The Bertz CT molecular complexity index is 380. The number of aliphatic hydroxyl groups excluding tert-OH is 1. The lowest BCUT2D eigenvalue weighted by Crippen LogP contribution is -2.36. The quantitative estimate of drug-likeness (QED) is 0.344. The van der Waals surface area contributed by atoms with Gasteiger partial charge in [0.05, 0.1) is 6.10 Å². The fourth-order valence-electron chi connectivity index (χ4n) is 3.24. The standard InChI is InChI=1S/C20H38N2O2/c1-16(21)8-6-10-19-12-13-20(22-18(19)3)11-4-5-14-24-15-7-9-17(2)23/h13,17-19,21-23H,4-12,14-15H2,1-3H3/t17-,18?,19?/m0/s1.